The van der Waals surface area contributed by atoms with Crippen LogP contribution in [0, 0.1) is 20.2 Å². The van der Waals surface area contributed by atoms with E-state index in [0.29, 0.717) is 18.1 Å². The molecule has 2 aliphatic rings. The average Bonchev–Trinajstić information content (AvgIpc) is 2.80. The predicted molar refractivity (Wildman–Crippen MR) is 123 cm³/mol. The van der Waals surface area contributed by atoms with Gasteiger partial charge >= 0.3 is 0 Å². The Kier molecular flexibility index (Phi) is 6.87. The molecule has 0 radical (unpaired) electrons. The highest BCUT2D eigenvalue weighted by Crippen LogP contribution is 2.45. The number of nitrogens with zero attached hydrogens (tertiary/aromatic N) is 3. The van der Waals surface area contributed by atoms with Crippen LogP contribution in [0.5, 0.6) is 0 Å². The first-order valence-electron chi connectivity index (χ1n) is 10.5. The topological polar surface area (TPSA) is 98.8 Å². The van der Waals surface area contributed by atoms with Crippen molar-refractivity contribution in [3.8, 4) is 0 Å². The summed E-state index contributed by atoms with van der Waals surface area (Å²) in [6, 6.07) is 14.0. The molecule has 1 aliphatic heterocycles. The molecular formula is C23H23N3O5S. The van der Waals surface area contributed by atoms with Crippen molar-refractivity contribution in [1.29, 1.82) is 0 Å². The lowest BCUT2D eigenvalue weighted by Gasteiger charge is -2.36. The minimum absolute atomic E-state index is 0.239. The van der Waals surface area contributed by atoms with E-state index in [1.807, 2.05) is 18.2 Å². The van der Waals surface area contributed by atoms with E-state index in [-0.39, 0.29) is 11.4 Å². The quantitative estimate of drug-likeness (QED) is 0.426. The first kappa shape index (κ1) is 22.0. The fourth-order valence-electron chi connectivity index (χ4n) is 3.99. The van der Waals surface area contributed by atoms with Crippen LogP contribution < -0.4 is 0 Å². The zero-order valence-corrected chi connectivity index (χ0v) is 18.3. The Morgan fingerprint density at radius 1 is 0.969 bits per heavy atom. The summed E-state index contributed by atoms with van der Waals surface area (Å²) in [5, 5.41) is 22.7. The second kappa shape index (κ2) is 9.97. The van der Waals surface area contributed by atoms with Crippen LogP contribution in [0.25, 0.3) is 6.08 Å². The van der Waals surface area contributed by atoms with Crippen LogP contribution >= 0.6 is 11.8 Å². The van der Waals surface area contributed by atoms with Gasteiger partial charge in [-0.15, -0.1) is 0 Å². The lowest BCUT2D eigenvalue weighted by molar-refractivity contribution is -0.396. The minimum Gasteiger partial charge on any atom is -0.378 e. The third-order valence-corrected chi connectivity index (χ3v) is 6.68. The second-order valence-electron chi connectivity index (χ2n) is 7.57. The average molecular weight is 454 g/mol. The molecule has 9 heteroatoms. The molecular weight excluding hydrogens is 430 g/mol. The Hall–Kier alpha value is -3.17. The van der Waals surface area contributed by atoms with Gasteiger partial charge in [0.1, 0.15) is 0 Å². The summed E-state index contributed by atoms with van der Waals surface area (Å²) in [4.78, 5) is 25.4. The standard InChI is InChI=1S/C23H23N3O5S/c27-25(28)19-9-10-21(20(16-19)26(29)30)32-22-8-4-7-18(15-17-5-2-1-3-6-17)23(22)24-11-13-31-14-12-24/h1-3,5-6,9-10,15-16H,4,7-8,11-14H2/b18-15+. The fraction of sp³-hybridized carbons (Fsp3) is 0.304. The van der Waals surface area contributed by atoms with Crippen molar-refractivity contribution in [3.63, 3.8) is 0 Å². The van der Waals surface area contributed by atoms with Crippen LogP contribution in [-0.2, 0) is 4.74 Å². The van der Waals surface area contributed by atoms with Crippen molar-refractivity contribution in [2.24, 2.45) is 0 Å². The molecule has 32 heavy (non-hydrogen) atoms. The highest BCUT2D eigenvalue weighted by Gasteiger charge is 2.27. The molecule has 0 aromatic heterocycles. The number of ether oxygens (including phenoxy) is 1. The zero-order chi connectivity index (χ0) is 22.5. The molecule has 0 amide bonds. The smallest absolute Gasteiger partial charge is 0.290 e. The van der Waals surface area contributed by atoms with Gasteiger partial charge in [0.15, 0.2) is 0 Å². The fourth-order valence-corrected chi connectivity index (χ4v) is 5.24. The maximum atomic E-state index is 11.6. The molecule has 166 valence electrons. The normalized spacial score (nSPS) is 18.1. The van der Waals surface area contributed by atoms with Crippen LogP contribution in [0.2, 0.25) is 0 Å². The third-order valence-electron chi connectivity index (χ3n) is 5.47. The maximum Gasteiger partial charge on any atom is 0.290 e. The Morgan fingerprint density at radius 2 is 1.72 bits per heavy atom. The first-order chi connectivity index (χ1) is 15.5. The van der Waals surface area contributed by atoms with Crippen molar-refractivity contribution >= 4 is 29.2 Å². The summed E-state index contributed by atoms with van der Waals surface area (Å²) < 4.78 is 5.54. The van der Waals surface area contributed by atoms with E-state index < -0.39 is 9.85 Å². The molecule has 1 fully saturated rings. The second-order valence-corrected chi connectivity index (χ2v) is 8.71. The zero-order valence-electron chi connectivity index (χ0n) is 17.4. The van der Waals surface area contributed by atoms with Crippen molar-refractivity contribution in [3.05, 3.63) is 90.5 Å². The number of allylic oxidation sites excluding steroid dienone is 2. The molecule has 0 unspecified atom stereocenters. The molecule has 0 bridgehead atoms. The molecule has 8 nitrogen and oxygen atoms in total. The van der Waals surface area contributed by atoms with Crippen LogP contribution in [0.4, 0.5) is 11.4 Å². The lowest BCUT2D eigenvalue weighted by atomic mass is 9.95. The molecule has 1 aliphatic carbocycles. The minimum atomic E-state index is -0.610. The summed E-state index contributed by atoms with van der Waals surface area (Å²) in [6.45, 7) is 2.79. The summed E-state index contributed by atoms with van der Waals surface area (Å²) in [6.07, 6.45) is 4.86. The number of hydrogen-bond acceptors (Lipinski definition) is 7. The number of thioether (sulfide) groups is 1. The molecule has 0 spiro atoms. The van der Waals surface area contributed by atoms with Crippen LogP contribution in [-0.4, -0.2) is 41.0 Å². The number of rotatable bonds is 6. The highest BCUT2D eigenvalue weighted by molar-refractivity contribution is 8.03. The number of benzene rings is 2. The Bertz CT molecular complexity index is 1080. The lowest BCUT2D eigenvalue weighted by Crippen LogP contribution is -2.37. The Labute approximate surface area is 189 Å². The number of non-ortho nitro benzene ring substituents is 1. The number of hydrogen-bond donors (Lipinski definition) is 0. The van der Waals surface area contributed by atoms with Crippen LogP contribution in [0.1, 0.15) is 24.8 Å². The van der Waals surface area contributed by atoms with E-state index in [0.717, 1.165) is 54.6 Å². The van der Waals surface area contributed by atoms with Gasteiger partial charge in [0, 0.05) is 24.1 Å². The maximum absolute atomic E-state index is 11.6. The molecule has 0 N–H and O–H groups in total. The SMILES string of the molecule is O=[N+]([O-])c1ccc(SC2=C(N3CCOCC3)/C(=C/c3ccccc3)CCC2)c([N+](=O)[O-])c1. The Balaban J connectivity index is 1.77. The van der Waals surface area contributed by atoms with Gasteiger partial charge in [-0.1, -0.05) is 42.1 Å². The third kappa shape index (κ3) is 5.00. The van der Waals surface area contributed by atoms with Crippen LogP contribution in [0.3, 0.4) is 0 Å². The van der Waals surface area contributed by atoms with Gasteiger partial charge in [-0.05, 0) is 42.5 Å². The molecule has 2 aromatic rings. The molecule has 0 saturated carbocycles. The summed E-state index contributed by atoms with van der Waals surface area (Å²) >= 11 is 1.35. The largest absolute Gasteiger partial charge is 0.378 e. The molecule has 1 heterocycles. The van der Waals surface area contributed by atoms with E-state index in [4.69, 9.17) is 4.74 Å². The van der Waals surface area contributed by atoms with Gasteiger partial charge in [-0.2, -0.15) is 0 Å². The summed E-state index contributed by atoms with van der Waals surface area (Å²) in [5.74, 6) is 0. The number of nitro groups is 2. The summed E-state index contributed by atoms with van der Waals surface area (Å²) in [7, 11) is 0. The summed E-state index contributed by atoms with van der Waals surface area (Å²) in [5.41, 5.74) is 2.91. The van der Waals surface area contributed by atoms with Crippen LogP contribution in [0.15, 0.2) is 69.6 Å². The van der Waals surface area contributed by atoms with E-state index >= 15 is 0 Å². The van der Waals surface area contributed by atoms with Gasteiger partial charge in [-0.3, -0.25) is 20.2 Å². The molecule has 4 rings (SSSR count). The predicted octanol–water partition coefficient (Wildman–Crippen LogP) is 5.41. The van der Waals surface area contributed by atoms with E-state index in [1.54, 1.807) is 0 Å². The molecule has 1 saturated heterocycles. The van der Waals surface area contributed by atoms with Gasteiger partial charge in [0.25, 0.3) is 11.4 Å². The number of nitro benzene ring substituents is 2. The van der Waals surface area contributed by atoms with Gasteiger partial charge in [0.05, 0.1) is 39.7 Å². The molecule has 2 aromatic carbocycles. The first-order valence-corrected chi connectivity index (χ1v) is 11.3. The van der Waals surface area contributed by atoms with E-state index in [9.17, 15) is 20.2 Å². The van der Waals surface area contributed by atoms with Crippen molar-refractivity contribution in [1.82, 2.24) is 4.90 Å². The van der Waals surface area contributed by atoms with Crippen molar-refractivity contribution < 1.29 is 14.6 Å². The molecule has 0 atom stereocenters. The Morgan fingerprint density at radius 3 is 2.41 bits per heavy atom. The van der Waals surface area contributed by atoms with Gasteiger partial charge < -0.3 is 9.64 Å². The highest BCUT2D eigenvalue weighted by atomic mass is 32.2. The monoisotopic (exact) mass is 453 g/mol. The van der Waals surface area contributed by atoms with Gasteiger partial charge in [-0.25, -0.2) is 0 Å². The van der Waals surface area contributed by atoms with Gasteiger partial charge in [0.2, 0.25) is 0 Å². The number of morpholine rings is 1. The van der Waals surface area contributed by atoms with E-state index in [2.05, 4.69) is 23.1 Å². The van der Waals surface area contributed by atoms with Crippen molar-refractivity contribution in [2.45, 2.75) is 24.2 Å². The van der Waals surface area contributed by atoms with Crippen molar-refractivity contribution in [2.75, 3.05) is 26.3 Å². The van der Waals surface area contributed by atoms with E-state index in [1.165, 1.54) is 29.5 Å².